The van der Waals surface area contributed by atoms with Crippen LogP contribution in [-0.2, 0) is 4.79 Å². The molecule has 0 unspecified atom stereocenters. The van der Waals surface area contributed by atoms with Gasteiger partial charge in [-0.1, -0.05) is 36.4 Å². The van der Waals surface area contributed by atoms with Crippen LogP contribution < -0.4 is 11.1 Å². The van der Waals surface area contributed by atoms with E-state index in [1.807, 2.05) is 30.3 Å². The van der Waals surface area contributed by atoms with Crippen molar-refractivity contribution in [2.45, 2.75) is 12.3 Å². The number of anilines is 1. The van der Waals surface area contributed by atoms with Gasteiger partial charge in [-0.2, -0.15) is 0 Å². The molecule has 5 heteroatoms. The average molecular weight is 312 g/mol. The number of allylic oxidation sites excluding steroid dienone is 1. The number of nitrogens with two attached hydrogens (primary N) is 1. The lowest BCUT2D eigenvalue weighted by molar-refractivity contribution is -0.116. The first-order chi connectivity index (χ1) is 11.0. The van der Waals surface area contributed by atoms with Gasteiger partial charge in [0.15, 0.2) is 0 Å². The molecule has 2 aromatic rings. The zero-order valence-corrected chi connectivity index (χ0v) is 12.5. The predicted octanol–water partition coefficient (Wildman–Crippen LogP) is 3.22. The van der Waals surface area contributed by atoms with Gasteiger partial charge in [0, 0.05) is 18.0 Å². The number of nitrogens with one attached hydrogen (secondary N) is 1. The van der Waals surface area contributed by atoms with E-state index in [0.717, 1.165) is 11.6 Å². The monoisotopic (exact) mass is 312 g/mol. The van der Waals surface area contributed by atoms with Gasteiger partial charge in [-0.15, -0.1) is 6.58 Å². The SMILES string of the molecule is C=C[C@H](CC(=O)Nc1ccc(F)c(C(N)=O)c1)c1ccccc1. The van der Waals surface area contributed by atoms with Crippen molar-refractivity contribution in [2.75, 3.05) is 5.32 Å². The molecule has 0 fully saturated rings. The Kier molecular flexibility index (Phi) is 5.25. The number of carbonyl (C=O) groups excluding carboxylic acids is 2. The van der Waals surface area contributed by atoms with E-state index >= 15 is 0 Å². The second-order valence-electron chi connectivity index (χ2n) is 5.06. The Morgan fingerprint density at radius 1 is 1.22 bits per heavy atom. The van der Waals surface area contributed by atoms with Crippen LogP contribution in [0.2, 0.25) is 0 Å². The van der Waals surface area contributed by atoms with E-state index in [2.05, 4.69) is 11.9 Å². The van der Waals surface area contributed by atoms with Crippen LogP contribution in [0, 0.1) is 5.82 Å². The van der Waals surface area contributed by atoms with Crippen LogP contribution in [0.25, 0.3) is 0 Å². The van der Waals surface area contributed by atoms with Gasteiger partial charge in [0.25, 0.3) is 5.91 Å². The molecule has 2 rings (SSSR count). The van der Waals surface area contributed by atoms with Gasteiger partial charge in [-0.3, -0.25) is 9.59 Å². The summed E-state index contributed by atoms with van der Waals surface area (Å²) in [5.74, 6) is -2.00. The summed E-state index contributed by atoms with van der Waals surface area (Å²) < 4.78 is 13.4. The summed E-state index contributed by atoms with van der Waals surface area (Å²) in [7, 11) is 0. The van der Waals surface area contributed by atoms with Crippen molar-refractivity contribution in [3.8, 4) is 0 Å². The Morgan fingerprint density at radius 3 is 2.52 bits per heavy atom. The molecule has 2 amide bonds. The molecule has 4 nitrogen and oxygen atoms in total. The number of halogens is 1. The van der Waals surface area contributed by atoms with Crippen molar-refractivity contribution in [3.05, 3.63) is 78.1 Å². The molecule has 0 saturated carbocycles. The molecule has 2 aromatic carbocycles. The van der Waals surface area contributed by atoms with Crippen LogP contribution in [0.4, 0.5) is 10.1 Å². The molecular weight excluding hydrogens is 295 g/mol. The summed E-state index contributed by atoms with van der Waals surface area (Å²) >= 11 is 0. The lowest BCUT2D eigenvalue weighted by Gasteiger charge is -2.13. The fourth-order valence-corrected chi connectivity index (χ4v) is 2.24. The molecule has 0 aliphatic rings. The van der Waals surface area contributed by atoms with E-state index in [1.54, 1.807) is 6.08 Å². The molecule has 0 heterocycles. The van der Waals surface area contributed by atoms with Gasteiger partial charge >= 0.3 is 0 Å². The highest BCUT2D eigenvalue weighted by Crippen LogP contribution is 2.22. The molecule has 0 spiro atoms. The van der Waals surface area contributed by atoms with Crippen molar-refractivity contribution >= 4 is 17.5 Å². The minimum atomic E-state index is -0.883. The van der Waals surface area contributed by atoms with Crippen LogP contribution in [0.15, 0.2) is 61.2 Å². The van der Waals surface area contributed by atoms with Gasteiger partial charge < -0.3 is 11.1 Å². The van der Waals surface area contributed by atoms with Crippen molar-refractivity contribution in [1.82, 2.24) is 0 Å². The average Bonchev–Trinajstić information content (AvgIpc) is 2.55. The Hall–Kier alpha value is -2.95. The van der Waals surface area contributed by atoms with Crippen LogP contribution in [0.5, 0.6) is 0 Å². The third kappa shape index (κ3) is 4.26. The molecule has 0 aliphatic heterocycles. The number of carbonyl (C=O) groups is 2. The first-order valence-corrected chi connectivity index (χ1v) is 7.08. The smallest absolute Gasteiger partial charge is 0.251 e. The molecular formula is C18H17FN2O2. The Morgan fingerprint density at radius 2 is 1.91 bits per heavy atom. The van der Waals surface area contributed by atoms with Crippen molar-refractivity contribution in [3.63, 3.8) is 0 Å². The number of amides is 2. The van der Waals surface area contributed by atoms with Crippen molar-refractivity contribution in [2.24, 2.45) is 5.73 Å². The summed E-state index contributed by atoms with van der Waals surface area (Å²) in [6, 6.07) is 13.2. The number of hydrogen-bond donors (Lipinski definition) is 2. The van der Waals surface area contributed by atoms with Gasteiger partial charge in [-0.25, -0.2) is 4.39 Å². The predicted molar refractivity (Wildman–Crippen MR) is 87.5 cm³/mol. The number of rotatable bonds is 6. The van der Waals surface area contributed by atoms with Crippen molar-refractivity contribution < 1.29 is 14.0 Å². The molecule has 23 heavy (non-hydrogen) atoms. The van der Waals surface area contributed by atoms with Crippen molar-refractivity contribution in [1.29, 1.82) is 0 Å². The first-order valence-electron chi connectivity index (χ1n) is 7.08. The second kappa shape index (κ2) is 7.35. The highest BCUT2D eigenvalue weighted by molar-refractivity contribution is 5.96. The summed E-state index contributed by atoms with van der Waals surface area (Å²) in [6.07, 6.45) is 1.89. The molecule has 3 N–H and O–H groups in total. The normalized spacial score (nSPS) is 11.5. The summed E-state index contributed by atoms with van der Waals surface area (Å²) in [5.41, 5.74) is 6.13. The fraction of sp³-hybridized carbons (Fsp3) is 0.111. The Bertz CT molecular complexity index is 729. The maximum Gasteiger partial charge on any atom is 0.251 e. The summed E-state index contributed by atoms with van der Waals surface area (Å²) in [5, 5.41) is 2.64. The topological polar surface area (TPSA) is 72.2 Å². The van der Waals surface area contributed by atoms with E-state index in [4.69, 9.17) is 5.73 Å². The quantitative estimate of drug-likeness (QED) is 0.804. The Balaban J connectivity index is 2.09. The number of benzene rings is 2. The highest BCUT2D eigenvalue weighted by Gasteiger charge is 2.14. The third-order valence-electron chi connectivity index (χ3n) is 3.43. The minimum absolute atomic E-state index is 0.132. The van der Waals surface area contributed by atoms with E-state index in [-0.39, 0.29) is 23.8 Å². The number of primary amides is 1. The number of hydrogen-bond acceptors (Lipinski definition) is 2. The second-order valence-corrected chi connectivity index (χ2v) is 5.06. The molecule has 0 aliphatic carbocycles. The zero-order valence-electron chi connectivity index (χ0n) is 12.5. The zero-order chi connectivity index (χ0) is 16.8. The highest BCUT2D eigenvalue weighted by atomic mass is 19.1. The summed E-state index contributed by atoms with van der Waals surface area (Å²) in [6.45, 7) is 3.76. The molecule has 0 radical (unpaired) electrons. The largest absolute Gasteiger partial charge is 0.366 e. The van der Waals surface area contributed by atoms with Crippen LogP contribution >= 0.6 is 0 Å². The van der Waals surface area contributed by atoms with Crippen LogP contribution in [0.3, 0.4) is 0 Å². The molecule has 118 valence electrons. The standard InChI is InChI=1S/C18H17FN2O2/c1-2-12(13-6-4-3-5-7-13)10-17(22)21-14-8-9-16(19)15(11-14)18(20)23/h2-9,11-12H,1,10H2,(H2,20,23)(H,21,22)/t12-/m1/s1. The van der Waals surface area contributed by atoms with Gasteiger partial charge in [0.1, 0.15) is 5.82 Å². The molecule has 1 atom stereocenters. The molecule has 0 saturated heterocycles. The van der Waals surface area contributed by atoms with Gasteiger partial charge in [-0.05, 0) is 23.8 Å². The lowest BCUT2D eigenvalue weighted by Crippen LogP contribution is -2.17. The Labute approximate surface area is 133 Å². The van der Waals surface area contributed by atoms with E-state index in [0.29, 0.717) is 5.69 Å². The summed E-state index contributed by atoms with van der Waals surface area (Å²) in [4.78, 5) is 23.3. The fourth-order valence-electron chi connectivity index (χ4n) is 2.24. The lowest BCUT2D eigenvalue weighted by atomic mass is 9.95. The van der Waals surface area contributed by atoms with Crippen LogP contribution in [-0.4, -0.2) is 11.8 Å². The third-order valence-corrected chi connectivity index (χ3v) is 3.43. The van der Waals surface area contributed by atoms with E-state index < -0.39 is 11.7 Å². The van der Waals surface area contributed by atoms with E-state index in [9.17, 15) is 14.0 Å². The van der Waals surface area contributed by atoms with Gasteiger partial charge in [0.2, 0.25) is 5.91 Å². The molecule has 0 aromatic heterocycles. The maximum absolute atomic E-state index is 13.4. The molecule has 0 bridgehead atoms. The minimum Gasteiger partial charge on any atom is -0.366 e. The van der Waals surface area contributed by atoms with Crippen LogP contribution in [0.1, 0.15) is 28.3 Å². The maximum atomic E-state index is 13.4. The van der Waals surface area contributed by atoms with E-state index in [1.165, 1.54) is 12.1 Å². The van der Waals surface area contributed by atoms with Gasteiger partial charge in [0.05, 0.1) is 5.56 Å². The first kappa shape index (κ1) is 16.4.